The molecule has 0 aliphatic heterocycles. The monoisotopic (exact) mass is 405 g/mol. The Balaban J connectivity index is 2.38. The molecule has 1 aromatic carbocycles. The van der Waals surface area contributed by atoms with Gasteiger partial charge in [0, 0.05) is 10.1 Å². The highest BCUT2D eigenvalue weighted by Crippen LogP contribution is 2.25. The average molecular weight is 406 g/mol. The molecule has 1 atom stereocenters. The third kappa shape index (κ3) is 3.44. The van der Waals surface area contributed by atoms with Gasteiger partial charge in [0.25, 0.3) is 0 Å². The van der Waals surface area contributed by atoms with Crippen LogP contribution in [0, 0.1) is 3.57 Å². The summed E-state index contributed by atoms with van der Waals surface area (Å²) in [4.78, 5) is 16.5. The fourth-order valence-electron chi connectivity index (χ4n) is 2.06. The number of hydrogen-bond acceptors (Lipinski definition) is 2. The number of nitrogens with one attached hydrogen (secondary N) is 1. The maximum atomic E-state index is 12.0. The van der Waals surface area contributed by atoms with Crippen LogP contribution in [0.2, 0.25) is 0 Å². The van der Waals surface area contributed by atoms with E-state index in [4.69, 9.17) is 11.6 Å². The normalized spacial score (nSPS) is 12.6. The molecule has 0 aliphatic rings. The van der Waals surface area contributed by atoms with Crippen molar-refractivity contribution < 1.29 is 4.79 Å². The summed E-state index contributed by atoms with van der Waals surface area (Å²) in [5.41, 5.74) is 1.82. The number of alkyl halides is 1. The van der Waals surface area contributed by atoms with Gasteiger partial charge in [-0.1, -0.05) is 6.92 Å². The summed E-state index contributed by atoms with van der Waals surface area (Å²) >= 11 is 8.44. The Morgan fingerprint density at radius 2 is 2.30 bits per heavy atom. The van der Waals surface area contributed by atoms with Crippen LogP contribution in [0.4, 0.5) is 0 Å². The number of imidazole rings is 1. The molecule has 0 fully saturated rings. The molecular weight excluding hydrogens is 389 g/mol. The van der Waals surface area contributed by atoms with E-state index in [1.54, 1.807) is 0 Å². The summed E-state index contributed by atoms with van der Waals surface area (Å²) in [6.07, 6.45) is 0.924. The van der Waals surface area contributed by atoms with Crippen molar-refractivity contribution in [2.75, 3.05) is 6.54 Å². The van der Waals surface area contributed by atoms with Gasteiger partial charge >= 0.3 is 0 Å². The fourth-order valence-corrected chi connectivity index (χ4v) is 2.70. The smallest absolute Gasteiger partial charge is 0.240 e. The Labute approximate surface area is 137 Å². The zero-order chi connectivity index (χ0) is 14.7. The van der Waals surface area contributed by atoms with E-state index in [-0.39, 0.29) is 17.8 Å². The molecule has 6 heteroatoms. The first-order valence-corrected chi connectivity index (χ1v) is 8.11. The van der Waals surface area contributed by atoms with Gasteiger partial charge in [0.1, 0.15) is 12.4 Å². The van der Waals surface area contributed by atoms with Crippen LogP contribution in [-0.2, 0) is 11.3 Å². The Morgan fingerprint density at radius 3 is 2.95 bits per heavy atom. The summed E-state index contributed by atoms with van der Waals surface area (Å²) in [5, 5.41) is 2.64. The molecule has 0 bridgehead atoms. The Hall–Kier alpha value is -0.820. The second-order valence-corrected chi connectivity index (χ2v) is 6.56. The average Bonchev–Trinajstić information content (AvgIpc) is 2.74. The first-order valence-electron chi connectivity index (χ1n) is 6.59. The van der Waals surface area contributed by atoms with Gasteiger partial charge in [-0.15, -0.1) is 11.6 Å². The fraction of sp³-hybridized carbons (Fsp3) is 0.429. The van der Waals surface area contributed by atoms with Crippen molar-refractivity contribution in [2.45, 2.75) is 32.2 Å². The van der Waals surface area contributed by atoms with Gasteiger partial charge < -0.3 is 9.88 Å². The molecule has 108 valence electrons. The lowest BCUT2D eigenvalue weighted by Crippen LogP contribution is -2.28. The third-order valence-electron chi connectivity index (χ3n) is 2.97. The van der Waals surface area contributed by atoms with Crippen molar-refractivity contribution in [3.05, 3.63) is 27.6 Å². The molecule has 0 aliphatic carbocycles. The van der Waals surface area contributed by atoms with Crippen LogP contribution in [0.3, 0.4) is 0 Å². The Bertz CT molecular complexity index is 624. The van der Waals surface area contributed by atoms with Crippen LogP contribution in [0.25, 0.3) is 11.0 Å². The van der Waals surface area contributed by atoms with Crippen molar-refractivity contribution >= 4 is 51.1 Å². The van der Waals surface area contributed by atoms with Crippen LogP contribution in [0.1, 0.15) is 31.5 Å². The second kappa shape index (κ2) is 6.76. The van der Waals surface area contributed by atoms with Gasteiger partial charge in [-0.2, -0.15) is 0 Å². The number of amides is 1. The van der Waals surface area contributed by atoms with Crippen molar-refractivity contribution in [3.8, 4) is 0 Å². The van der Waals surface area contributed by atoms with Crippen molar-refractivity contribution in [3.63, 3.8) is 0 Å². The van der Waals surface area contributed by atoms with E-state index in [0.29, 0.717) is 6.54 Å². The van der Waals surface area contributed by atoms with Gasteiger partial charge in [-0.3, -0.25) is 4.79 Å². The minimum Gasteiger partial charge on any atom is -0.355 e. The third-order valence-corrected chi connectivity index (χ3v) is 3.84. The molecule has 20 heavy (non-hydrogen) atoms. The highest BCUT2D eigenvalue weighted by molar-refractivity contribution is 14.1. The lowest BCUT2D eigenvalue weighted by atomic mass is 10.3. The number of rotatable bonds is 5. The number of fused-ring (bicyclic) bond motifs is 1. The maximum absolute atomic E-state index is 12.0. The van der Waals surface area contributed by atoms with E-state index < -0.39 is 0 Å². The minimum atomic E-state index is -0.237. The molecule has 0 saturated heterocycles. The molecule has 0 spiro atoms. The zero-order valence-electron chi connectivity index (χ0n) is 11.5. The molecule has 4 nitrogen and oxygen atoms in total. The Morgan fingerprint density at radius 1 is 1.55 bits per heavy atom. The van der Waals surface area contributed by atoms with Crippen LogP contribution in [-0.4, -0.2) is 22.0 Å². The topological polar surface area (TPSA) is 46.9 Å². The zero-order valence-corrected chi connectivity index (χ0v) is 14.4. The molecule has 1 heterocycles. The van der Waals surface area contributed by atoms with Crippen molar-refractivity contribution in [1.29, 1.82) is 0 Å². The van der Waals surface area contributed by atoms with Gasteiger partial charge in [0.05, 0.1) is 16.4 Å². The first-order chi connectivity index (χ1) is 9.52. The highest BCUT2D eigenvalue weighted by Gasteiger charge is 2.17. The van der Waals surface area contributed by atoms with Gasteiger partial charge in [0.2, 0.25) is 5.91 Å². The molecule has 2 aromatic rings. The van der Waals surface area contributed by atoms with Gasteiger partial charge in [0.15, 0.2) is 0 Å². The van der Waals surface area contributed by atoms with Crippen molar-refractivity contribution in [2.24, 2.45) is 0 Å². The van der Waals surface area contributed by atoms with Crippen LogP contribution in [0.15, 0.2) is 18.2 Å². The van der Waals surface area contributed by atoms with Crippen molar-refractivity contribution in [1.82, 2.24) is 14.9 Å². The number of benzene rings is 1. The minimum absolute atomic E-state index is 0.0109. The standard InChI is InChI=1S/C14H17ClIN3O/c1-3-6-17-13(20)8-19-12-5-4-10(16)7-11(12)18-14(19)9(2)15/h4-5,7,9H,3,6,8H2,1-2H3,(H,17,20). The van der Waals surface area contributed by atoms with Gasteiger partial charge in [-0.05, 0) is 54.1 Å². The SMILES string of the molecule is CCCNC(=O)Cn1c(C(C)Cl)nc2cc(I)ccc21. The summed E-state index contributed by atoms with van der Waals surface area (Å²) in [7, 11) is 0. The van der Waals surface area contributed by atoms with E-state index in [1.165, 1.54) is 0 Å². The first kappa shape index (κ1) is 15.6. The predicted octanol–water partition coefficient (Wildman–Crippen LogP) is 3.47. The van der Waals surface area contributed by atoms with Gasteiger partial charge in [-0.25, -0.2) is 4.98 Å². The molecular formula is C14H17ClIN3O. The van der Waals surface area contributed by atoms with Crippen LogP contribution < -0.4 is 5.32 Å². The number of aromatic nitrogens is 2. The van der Waals surface area contributed by atoms with Crippen LogP contribution in [0.5, 0.6) is 0 Å². The highest BCUT2D eigenvalue weighted by atomic mass is 127. The molecule has 2 rings (SSSR count). The maximum Gasteiger partial charge on any atom is 0.240 e. The van der Waals surface area contributed by atoms with E-state index in [2.05, 4.69) is 32.9 Å². The molecule has 0 saturated carbocycles. The quantitative estimate of drug-likeness (QED) is 0.612. The molecule has 1 N–H and O–H groups in total. The number of carbonyl (C=O) groups excluding carboxylic acids is 1. The number of hydrogen-bond donors (Lipinski definition) is 1. The van der Waals surface area contributed by atoms with Crippen LogP contribution >= 0.6 is 34.2 Å². The predicted molar refractivity (Wildman–Crippen MR) is 90.0 cm³/mol. The number of nitrogens with zero attached hydrogens (tertiary/aromatic N) is 2. The summed E-state index contributed by atoms with van der Waals surface area (Å²) < 4.78 is 3.01. The second-order valence-electron chi connectivity index (χ2n) is 4.66. The van der Waals surface area contributed by atoms with E-state index in [1.807, 2.05) is 36.6 Å². The molecule has 0 radical (unpaired) electrons. The summed E-state index contributed by atoms with van der Waals surface area (Å²) in [5.74, 6) is 0.721. The van der Waals surface area contributed by atoms with E-state index in [0.717, 1.165) is 26.8 Å². The Kier molecular flexibility index (Phi) is 5.26. The molecule has 1 amide bonds. The number of halogens is 2. The largest absolute Gasteiger partial charge is 0.355 e. The lowest BCUT2D eigenvalue weighted by Gasteiger charge is -2.10. The summed E-state index contributed by atoms with van der Waals surface area (Å²) in [6.45, 7) is 4.84. The van der Waals surface area contributed by atoms with E-state index in [9.17, 15) is 4.79 Å². The molecule has 1 unspecified atom stereocenters. The van der Waals surface area contributed by atoms with E-state index >= 15 is 0 Å². The molecule has 1 aromatic heterocycles. The summed E-state index contributed by atoms with van der Waals surface area (Å²) in [6, 6.07) is 5.99. The number of carbonyl (C=O) groups is 1. The lowest BCUT2D eigenvalue weighted by molar-refractivity contribution is -0.121.